The fourth-order valence-corrected chi connectivity index (χ4v) is 3.32. The third-order valence-electron chi connectivity index (χ3n) is 5.36. The molecule has 5 heteroatoms. The molecule has 0 fully saturated rings. The molecule has 0 aromatic heterocycles. The van der Waals surface area contributed by atoms with Gasteiger partial charge in [0.1, 0.15) is 6.61 Å². The molecule has 0 saturated heterocycles. The fourth-order valence-electron chi connectivity index (χ4n) is 3.32. The number of aliphatic hydroxyl groups excluding tert-OH is 1. The van der Waals surface area contributed by atoms with Gasteiger partial charge in [0.2, 0.25) is 0 Å². The van der Waals surface area contributed by atoms with Crippen LogP contribution >= 0.6 is 0 Å². The van der Waals surface area contributed by atoms with Gasteiger partial charge in [-0.3, -0.25) is 4.79 Å². The maximum absolute atomic E-state index is 11.9. The molecule has 0 rings (SSSR count). The summed E-state index contributed by atoms with van der Waals surface area (Å²) in [6.45, 7) is 8.71. The summed E-state index contributed by atoms with van der Waals surface area (Å²) in [4.78, 5) is 11.9. The fraction of sp³-hybridized carbons (Fsp3) is 0.889. The Morgan fingerprint density at radius 1 is 0.719 bits per heavy atom. The van der Waals surface area contributed by atoms with Crippen LogP contribution in [0.5, 0.6) is 0 Å². The molecule has 0 aliphatic carbocycles. The lowest BCUT2D eigenvalue weighted by Crippen LogP contribution is -2.26. The summed E-state index contributed by atoms with van der Waals surface area (Å²) in [5.41, 5.74) is 0. The third-order valence-corrected chi connectivity index (χ3v) is 5.36. The molecule has 0 radical (unpaired) electrons. The Balaban J connectivity index is 3.43. The highest BCUT2D eigenvalue weighted by molar-refractivity contribution is 5.69. The smallest absolute Gasteiger partial charge is 0.305 e. The number of carbonyl (C=O) groups is 1. The van der Waals surface area contributed by atoms with E-state index in [1.807, 2.05) is 13.8 Å². The van der Waals surface area contributed by atoms with E-state index in [1.54, 1.807) is 6.92 Å². The van der Waals surface area contributed by atoms with Crippen molar-refractivity contribution >= 4 is 5.97 Å². The highest BCUT2D eigenvalue weighted by Gasteiger charge is 2.11. The lowest BCUT2D eigenvalue weighted by molar-refractivity contribution is -0.148. The molecule has 3 unspecified atom stereocenters. The van der Waals surface area contributed by atoms with Crippen LogP contribution in [0.3, 0.4) is 0 Å². The van der Waals surface area contributed by atoms with Crippen LogP contribution < -0.4 is 0 Å². The maximum Gasteiger partial charge on any atom is 0.305 e. The highest BCUT2D eigenvalue weighted by Crippen LogP contribution is 2.10. The average molecular weight is 457 g/mol. The molecule has 0 aliphatic heterocycles. The van der Waals surface area contributed by atoms with Crippen LogP contribution in [-0.4, -0.2) is 49.2 Å². The number of esters is 1. The number of hydrogen-bond acceptors (Lipinski definition) is 5. The van der Waals surface area contributed by atoms with Gasteiger partial charge in [-0.2, -0.15) is 0 Å². The Morgan fingerprint density at radius 3 is 1.81 bits per heavy atom. The van der Waals surface area contributed by atoms with Gasteiger partial charge < -0.3 is 19.3 Å². The van der Waals surface area contributed by atoms with Crippen molar-refractivity contribution in [2.45, 2.75) is 136 Å². The molecule has 190 valence electrons. The Morgan fingerprint density at radius 2 is 1.22 bits per heavy atom. The van der Waals surface area contributed by atoms with Crippen LogP contribution in [0.4, 0.5) is 0 Å². The Hall–Kier alpha value is -0.910. The van der Waals surface area contributed by atoms with Crippen molar-refractivity contribution in [3.63, 3.8) is 0 Å². The molecule has 1 N–H and O–H groups in total. The van der Waals surface area contributed by atoms with E-state index in [1.165, 1.54) is 70.6 Å². The average Bonchev–Trinajstić information content (AvgIpc) is 2.77. The number of aliphatic hydroxyl groups is 1. The Kier molecular flexibility index (Phi) is 22.6. The highest BCUT2D eigenvalue weighted by atomic mass is 16.6. The van der Waals surface area contributed by atoms with E-state index >= 15 is 0 Å². The summed E-state index contributed by atoms with van der Waals surface area (Å²) >= 11 is 0. The van der Waals surface area contributed by atoms with Gasteiger partial charge in [0.25, 0.3) is 0 Å². The number of ether oxygens (including phenoxy) is 3. The van der Waals surface area contributed by atoms with E-state index in [0.29, 0.717) is 19.6 Å². The lowest BCUT2D eigenvalue weighted by Gasteiger charge is -2.18. The largest absolute Gasteiger partial charge is 0.463 e. The Bertz CT molecular complexity index is 436. The number of allylic oxidation sites excluding steroid dienone is 2. The number of rotatable bonds is 23. The first kappa shape index (κ1) is 31.1. The topological polar surface area (TPSA) is 65.0 Å². The minimum absolute atomic E-state index is 0.0986. The zero-order chi connectivity index (χ0) is 23.9. The second-order valence-electron chi connectivity index (χ2n) is 9.15. The SMILES string of the molecule is CCCCCCCCC=CCCCCCCCC(=O)OCC(C)OCC(C)OCC(C)O. The van der Waals surface area contributed by atoms with Crippen molar-refractivity contribution in [3.05, 3.63) is 12.2 Å². The molecule has 5 nitrogen and oxygen atoms in total. The molecular formula is C27H52O5. The van der Waals surface area contributed by atoms with Gasteiger partial charge in [0.15, 0.2) is 0 Å². The summed E-state index contributed by atoms with van der Waals surface area (Å²) in [6.07, 6.45) is 20.7. The lowest BCUT2D eigenvalue weighted by atomic mass is 10.1. The number of carbonyl (C=O) groups excluding carboxylic acids is 1. The second kappa shape index (κ2) is 23.3. The van der Waals surface area contributed by atoms with Gasteiger partial charge in [0.05, 0.1) is 31.5 Å². The van der Waals surface area contributed by atoms with Crippen LogP contribution in [0.15, 0.2) is 12.2 Å². The van der Waals surface area contributed by atoms with Crippen molar-refractivity contribution in [1.82, 2.24) is 0 Å². The van der Waals surface area contributed by atoms with Gasteiger partial charge in [-0.15, -0.1) is 0 Å². The van der Waals surface area contributed by atoms with Gasteiger partial charge in [0, 0.05) is 6.42 Å². The van der Waals surface area contributed by atoms with Crippen LogP contribution in [-0.2, 0) is 19.0 Å². The second-order valence-corrected chi connectivity index (χ2v) is 9.15. The molecule has 0 spiro atoms. The zero-order valence-corrected chi connectivity index (χ0v) is 21.5. The van der Waals surface area contributed by atoms with Crippen molar-refractivity contribution in [3.8, 4) is 0 Å². The minimum atomic E-state index is -0.479. The normalized spacial score (nSPS) is 14.5. The first-order valence-electron chi connectivity index (χ1n) is 13.2. The van der Waals surface area contributed by atoms with Gasteiger partial charge in [-0.1, -0.05) is 70.4 Å². The molecule has 0 saturated carbocycles. The predicted octanol–water partition coefficient (Wildman–Crippen LogP) is 6.76. The van der Waals surface area contributed by atoms with Gasteiger partial charge in [-0.25, -0.2) is 0 Å². The monoisotopic (exact) mass is 456 g/mol. The quantitative estimate of drug-likeness (QED) is 0.105. The van der Waals surface area contributed by atoms with Gasteiger partial charge >= 0.3 is 5.97 Å². The standard InChI is InChI=1S/C27H52O5/c1-5-6-7-8-9-10-11-12-13-14-15-16-17-18-19-20-27(29)32-23-26(4)31-22-25(3)30-21-24(2)28/h12-13,24-26,28H,5-11,14-23H2,1-4H3. The van der Waals surface area contributed by atoms with E-state index in [2.05, 4.69) is 19.1 Å². The molecule has 0 aliphatic rings. The van der Waals surface area contributed by atoms with Crippen molar-refractivity contribution in [1.29, 1.82) is 0 Å². The summed E-state index contributed by atoms with van der Waals surface area (Å²) in [5, 5.41) is 9.20. The molecular weight excluding hydrogens is 404 g/mol. The van der Waals surface area contributed by atoms with Crippen molar-refractivity contribution in [2.24, 2.45) is 0 Å². The van der Waals surface area contributed by atoms with E-state index in [4.69, 9.17) is 14.2 Å². The van der Waals surface area contributed by atoms with Crippen LogP contribution in [0.2, 0.25) is 0 Å². The van der Waals surface area contributed by atoms with E-state index in [9.17, 15) is 9.90 Å². The van der Waals surface area contributed by atoms with Gasteiger partial charge in [-0.05, 0) is 52.9 Å². The zero-order valence-electron chi connectivity index (χ0n) is 21.5. The van der Waals surface area contributed by atoms with Crippen molar-refractivity contribution < 1.29 is 24.1 Å². The number of unbranched alkanes of at least 4 members (excludes halogenated alkanes) is 11. The third kappa shape index (κ3) is 23.7. The molecule has 0 heterocycles. The van der Waals surface area contributed by atoms with Crippen LogP contribution in [0, 0.1) is 0 Å². The van der Waals surface area contributed by atoms with E-state index in [0.717, 1.165) is 12.8 Å². The summed E-state index contributed by atoms with van der Waals surface area (Å²) < 4.78 is 16.4. The molecule has 0 bridgehead atoms. The maximum atomic E-state index is 11.9. The molecule has 3 atom stereocenters. The summed E-state index contributed by atoms with van der Waals surface area (Å²) in [5.74, 6) is -0.142. The molecule has 0 aromatic carbocycles. The van der Waals surface area contributed by atoms with Crippen LogP contribution in [0.25, 0.3) is 0 Å². The van der Waals surface area contributed by atoms with E-state index < -0.39 is 6.10 Å². The Labute approximate surface area is 198 Å². The summed E-state index contributed by atoms with van der Waals surface area (Å²) in [7, 11) is 0. The molecule has 32 heavy (non-hydrogen) atoms. The first-order valence-corrected chi connectivity index (χ1v) is 13.2. The van der Waals surface area contributed by atoms with Crippen molar-refractivity contribution in [2.75, 3.05) is 19.8 Å². The first-order chi connectivity index (χ1) is 15.5. The molecule has 0 aromatic rings. The summed E-state index contributed by atoms with van der Waals surface area (Å²) in [6, 6.07) is 0. The van der Waals surface area contributed by atoms with Crippen LogP contribution in [0.1, 0.15) is 118 Å². The molecule has 0 amide bonds. The van der Waals surface area contributed by atoms with E-state index in [-0.39, 0.29) is 24.8 Å². The minimum Gasteiger partial charge on any atom is -0.463 e. The predicted molar refractivity (Wildman–Crippen MR) is 133 cm³/mol. The number of hydrogen-bond donors (Lipinski definition) is 1.